The Morgan fingerprint density at radius 2 is 1.85 bits per heavy atom. The van der Waals surface area contributed by atoms with E-state index in [0.29, 0.717) is 6.61 Å². The van der Waals surface area contributed by atoms with Gasteiger partial charge in [0.05, 0.1) is 0 Å². The van der Waals surface area contributed by atoms with Crippen LogP contribution in [0.25, 0.3) is 0 Å². The molecule has 0 fully saturated rings. The summed E-state index contributed by atoms with van der Waals surface area (Å²) in [4.78, 5) is 11.1. The molecule has 0 aliphatic carbocycles. The molecule has 3 nitrogen and oxygen atoms in total. The van der Waals surface area contributed by atoms with Gasteiger partial charge in [0.25, 0.3) is 0 Å². The monoisotopic (exact) mass is 191 g/mol. The largest absolute Gasteiger partial charge is 0.369 e. The van der Waals surface area contributed by atoms with Gasteiger partial charge in [0, 0.05) is 14.1 Å². The number of amides is 1. The summed E-state index contributed by atoms with van der Waals surface area (Å²) in [6.07, 6.45) is -0.331. The topological polar surface area (TPSA) is 38.3 Å². The maximum Gasteiger partial charge on any atom is 0.249 e. The van der Waals surface area contributed by atoms with E-state index in [9.17, 15) is 4.79 Å². The van der Waals surface area contributed by atoms with E-state index in [0.717, 1.165) is 0 Å². The maximum atomic E-state index is 11.1. The molecule has 0 aliphatic heterocycles. The molecule has 1 N–H and O–H groups in total. The highest BCUT2D eigenvalue weighted by Crippen LogP contribution is 1.90. The number of ether oxygens (including phenoxy) is 1. The molecule has 0 saturated heterocycles. The maximum absolute atomic E-state index is 11.1. The van der Waals surface area contributed by atoms with Crippen molar-refractivity contribution in [1.82, 2.24) is 5.32 Å². The first-order valence-corrected chi connectivity index (χ1v) is 5.00. The van der Waals surface area contributed by atoms with Crippen molar-refractivity contribution in [1.29, 1.82) is 0 Å². The molecule has 0 radical (unpaired) electrons. The van der Waals surface area contributed by atoms with Crippen molar-refractivity contribution in [3.05, 3.63) is 0 Å². The normalized spacial score (nSPS) is 11.6. The molecule has 3 heteroatoms. The van der Waals surface area contributed by atoms with Crippen LogP contribution >= 0.6 is 0 Å². The Kier molecular flexibility index (Phi) is 10.9. The van der Waals surface area contributed by atoms with Crippen LogP contribution in [0.5, 0.6) is 0 Å². The Hall–Kier alpha value is -0.570. The summed E-state index contributed by atoms with van der Waals surface area (Å²) < 4.78 is 5.09. The molecular formula is C10H25NO2. The molecule has 0 rings (SSSR count). The predicted molar refractivity (Wildman–Crippen MR) is 57.8 cm³/mol. The summed E-state index contributed by atoms with van der Waals surface area (Å²) in [7, 11) is 0. The third-order valence-corrected chi connectivity index (χ3v) is 1.22. The van der Waals surface area contributed by atoms with Gasteiger partial charge in [-0.25, -0.2) is 0 Å². The van der Waals surface area contributed by atoms with Crippen LogP contribution in [0.2, 0.25) is 0 Å². The summed E-state index contributed by atoms with van der Waals surface area (Å²) in [5, 5.41) is 2.76. The van der Waals surface area contributed by atoms with Gasteiger partial charge in [0.1, 0.15) is 6.10 Å². The SMILES string of the molecule is CC.CCOC(C)C(=O)NC(C)C.[HH]. The third-order valence-electron chi connectivity index (χ3n) is 1.22. The minimum atomic E-state index is -0.331. The fourth-order valence-electron chi connectivity index (χ4n) is 0.728. The second kappa shape index (κ2) is 9.52. The summed E-state index contributed by atoms with van der Waals surface area (Å²) in [5.74, 6) is -0.0400. The summed E-state index contributed by atoms with van der Waals surface area (Å²) in [5.41, 5.74) is 0. The summed E-state index contributed by atoms with van der Waals surface area (Å²) in [6, 6.07) is 0.186. The van der Waals surface area contributed by atoms with Gasteiger partial charge in [0.15, 0.2) is 0 Å². The van der Waals surface area contributed by atoms with Gasteiger partial charge in [-0.05, 0) is 27.7 Å². The fraction of sp³-hybridized carbons (Fsp3) is 0.900. The van der Waals surface area contributed by atoms with Gasteiger partial charge in [-0.15, -0.1) is 0 Å². The highest BCUT2D eigenvalue weighted by Gasteiger charge is 2.12. The lowest BCUT2D eigenvalue weighted by Crippen LogP contribution is -2.38. The van der Waals surface area contributed by atoms with Crippen LogP contribution in [0.15, 0.2) is 0 Å². The molecule has 0 heterocycles. The molecular weight excluding hydrogens is 166 g/mol. The molecule has 0 aromatic heterocycles. The van der Waals surface area contributed by atoms with Crippen molar-refractivity contribution in [3.8, 4) is 0 Å². The van der Waals surface area contributed by atoms with Crippen LogP contribution in [0.3, 0.4) is 0 Å². The lowest BCUT2D eigenvalue weighted by Gasteiger charge is -2.13. The number of nitrogens with one attached hydrogen (secondary N) is 1. The lowest BCUT2D eigenvalue weighted by atomic mass is 10.3. The second-order valence-electron chi connectivity index (χ2n) is 2.76. The van der Waals surface area contributed by atoms with E-state index in [-0.39, 0.29) is 19.5 Å². The van der Waals surface area contributed by atoms with Crippen molar-refractivity contribution < 1.29 is 11.0 Å². The van der Waals surface area contributed by atoms with E-state index < -0.39 is 0 Å². The molecule has 1 atom stereocenters. The van der Waals surface area contributed by atoms with E-state index in [1.807, 2.05) is 34.6 Å². The summed E-state index contributed by atoms with van der Waals surface area (Å²) in [6.45, 7) is 12.1. The van der Waals surface area contributed by atoms with E-state index in [2.05, 4.69) is 5.32 Å². The predicted octanol–water partition coefficient (Wildman–Crippen LogP) is 2.21. The minimum absolute atomic E-state index is 0. The van der Waals surface area contributed by atoms with Gasteiger partial charge in [-0.3, -0.25) is 4.79 Å². The van der Waals surface area contributed by atoms with Crippen LogP contribution in [0, 0.1) is 0 Å². The van der Waals surface area contributed by atoms with Gasteiger partial charge in [-0.2, -0.15) is 0 Å². The number of hydrogen-bond donors (Lipinski definition) is 1. The highest BCUT2D eigenvalue weighted by atomic mass is 16.5. The third kappa shape index (κ3) is 9.34. The minimum Gasteiger partial charge on any atom is -0.369 e. The molecule has 0 aromatic rings. The Morgan fingerprint density at radius 1 is 1.38 bits per heavy atom. The first kappa shape index (κ1) is 14.9. The zero-order valence-electron chi connectivity index (χ0n) is 9.68. The van der Waals surface area contributed by atoms with Crippen molar-refractivity contribution in [3.63, 3.8) is 0 Å². The average molecular weight is 191 g/mol. The van der Waals surface area contributed by atoms with Gasteiger partial charge >= 0.3 is 0 Å². The number of carbonyl (C=O) groups excluding carboxylic acids is 1. The van der Waals surface area contributed by atoms with E-state index >= 15 is 0 Å². The van der Waals surface area contributed by atoms with Crippen molar-refractivity contribution >= 4 is 5.91 Å². The number of rotatable bonds is 4. The van der Waals surface area contributed by atoms with Crippen LogP contribution in [0.1, 0.15) is 43.0 Å². The first-order chi connectivity index (χ1) is 6.07. The molecule has 1 amide bonds. The standard InChI is InChI=1S/C8H17NO2.C2H6.H2/c1-5-11-7(4)8(10)9-6(2)3;1-2;/h6-7H,5H2,1-4H3,(H,9,10);1-2H3;1H. The Labute approximate surface area is 83.3 Å². The first-order valence-electron chi connectivity index (χ1n) is 5.00. The Morgan fingerprint density at radius 3 is 2.15 bits per heavy atom. The van der Waals surface area contributed by atoms with Crippen molar-refractivity contribution in [2.75, 3.05) is 6.61 Å². The molecule has 0 spiro atoms. The quantitative estimate of drug-likeness (QED) is 0.740. The van der Waals surface area contributed by atoms with Crippen molar-refractivity contribution in [2.45, 2.75) is 53.7 Å². The Balaban J connectivity index is -0.000000376. The van der Waals surface area contributed by atoms with Crippen LogP contribution in [-0.2, 0) is 9.53 Å². The zero-order valence-corrected chi connectivity index (χ0v) is 9.68. The molecule has 82 valence electrons. The van der Waals surface area contributed by atoms with Gasteiger partial charge in [-0.1, -0.05) is 13.8 Å². The second-order valence-corrected chi connectivity index (χ2v) is 2.76. The molecule has 0 aliphatic rings. The molecule has 0 saturated carbocycles. The number of hydrogen-bond acceptors (Lipinski definition) is 2. The van der Waals surface area contributed by atoms with Crippen LogP contribution in [0.4, 0.5) is 0 Å². The van der Waals surface area contributed by atoms with Gasteiger partial charge < -0.3 is 10.1 Å². The summed E-state index contributed by atoms with van der Waals surface area (Å²) >= 11 is 0. The van der Waals surface area contributed by atoms with E-state index in [4.69, 9.17) is 4.74 Å². The molecule has 13 heavy (non-hydrogen) atoms. The smallest absolute Gasteiger partial charge is 0.249 e. The molecule has 0 aromatic carbocycles. The number of carbonyl (C=O) groups is 1. The van der Waals surface area contributed by atoms with Crippen LogP contribution < -0.4 is 5.32 Å². The highest BCUT2D eigenvalue weighted by molar-refractivity contribution is 5.80. The van der Waals surface area contributed by atoms with Crippen LogP contribution in [-0.4, -0.2) is 24.7 Å². The zero-order chi connectivity index (χ0) is 10.9. The molecule has 0 bridgehead atoms. The van der Waals surface area contributed by atoms with E-state index in [1.54, 1.807) is 6.92 Å². The lowest BCUT2D eigenvalue weighted by molar-refractivity contribution is -0.131. The fourth-order valence-corrected chi connectivity index (χ4v) is 0.728. The van der Waals surface area contributed by atoms with E-state index in [1.165, 1.54) is 0 Å². The molecule has 1 unspecified atom stereocenters. The van der Waals surface area contributed by atoms with Crippen molar-refractivity contribution in [2.24, 2.45) is 0 Å². The van der Waals surface area contributed by atoms with Gasteiger partial charge in [0.2, 0.25) is 5.91 Å². The average Bonchev–Trinajstić information content (AvgIpc) is 2.07. The Bertz CT molecular complexity index is 129.